The first kappa shape index (κ1) is 14.4. The van der Waals surface area contributed by atoms with Gasteiger partial charge in [0.2, 0.25) is 0 Å². The van der Waals surface area contributed by atoms with Crippen LogP contribution in [0.3, 0.4) is 0 Å². The Hall–Kier alpha value is -1.69. The van der Waals surface area contributed by atoms with Crippen molar-refractivity contribution in [3.8, 4) is 0 Å². The van der Waals surface area contributed by atoms with E-state index in [2.05, 4.69) is 15.3 Å². The number of nitrogens with one attached hydrogen (secondary N) is 1. The Bertz CT molecular complexity index is 395. The van der Waals surface area contributed by atoms with Crippen molar-refractivity contribution >= 4 is 11.7 Å². The summed E-state index contributed by atoms with van der Waals surface area (Å²) >= 11 is 0. The molecule has 2 N–H and O–H groups in total. The van der Waals surface area contributed by atoms with Gasteiger partial charge in [-0.3, -0.25) is 9.78 Å². The smallest absolute Gasteiger partial charge is 0.274 e. The molecule has 0 aliphatic carbocycles. The number of hydrogen-bond donors (Lipinski definition) is 2. The minimum absolute atomic E-state index is 0.0593. The van der Waals surface area contributed by atoms with Crippen molar-refractivity contribution in [1.82, 2.24) is 14.9 Å². The summed E-state index contributed by atoms with van der Waals surface area (Å²) in [6.07, 6.45) is 3.57. The fourth-order valence-electron chi connectivity index (χ4n) is 1.57. The zero-order valence-corrected chi connectivity index (χ0v) is 11.1. The largest absolute Gasteiger partial charge is 0.396 e. The van der Waals surface area contributed by atoms with Crippen molar-refractivity contribution in [2.75, 3.05) is 25.5 Å². The van der Waals surface area contributed by atoms with Crippen molar-refractivity contribution in [2.24, 2.45) is 0 Å². The highest BCUT2D eigenvalue weighted by Crippen LogP contribution is 2.08. The number of rotatable bonds is 6. The maximum atomic E-state index is 12.3. The second kappa shape index (κ2) is 6.90. The van der Waals surface area contributed by atoms with Gasteiger partial charge in [0.25, 0.3) is 5.91 Å². The number of aliphatic hydroxyl groups is 1. The number of aromatic nitrogens is 2. The predicted octanol–water partition coefficient (Wildman–Crippen LogP) is 0.751. The van der Waals surface area contributed by atoms with Crippen molar-refractivity contribution < 1.29 is 9.90 Å². The Morgan fingerprint density at radius 3 is 2.78 bits per heavy atom. The van der Waals surface area contributed by atoms with Gasteiger partial charge in [0.1, 0.15) is 11.5 Å². The lowest BCUT2D eigenvalue weighted by Crippen LogP contribution is -2.38. The maximum absolute atomic E-state index is 12.3. The monoisotopic (exact) mass is 252 g/mol. The molecule has 6 heteroatoms. The van der Waals surface area contributed by atoms with Crippen molar-refractivity contribution in [1.29, 1.82) is 0 Å². The van der Waals surface area contributed by atoms with Gasteiger partial charge in [-0.1, -0.05) is 0 Å². The Morgan fingerprint density at radius 1 is 1.50 bits per heavy atom. The number of aliphatic hydroxyl groups excluding tert-OH is 1. The van der Waals surface area contributed by atoms with E-state index in [0.717, 1.165) is 0 Å². The Morgan fingerprint density at radius 2 is 2.22 bits per heavy atom. The van der Waals surface area contributed by atoms with Crippen LogP contribution in [0.4, 0.5) is 5.82 Å². The highest BCUT2D eigenvalue weighted by atomic mass is 16.3. The molecule has 1 aromatic heterocycles. The number of hydrogen-bond acceptors (Lipinski definition) is 5. The third kappa shape index (κ3) is 3.66. The molecular weight excluding hydrogens is 232 g/mol. The Balaban J connectivity index is 2.87. The van der Waals surface area contributed by atoms with Crippen LogP contribution in [0.5, 0.6) is 0 Å². The van der Waals surface area contributed by atoms with Crippen LogP contribution in [0, 0.1) is 0 Å². The topological polar surface area (TPSA) is 78.4 Å². The highest BCUT2D eigenvalue weighted by molar-refractivity contribution is 5.92. The van der Waals surface area contributed by atoms with Crippen LogP contribution < -0.4 is 5.32 Å². The van der Waals surface area contributed by atoms with Crippen molar-refractivity contribution in [2.45, 2.75) is 26.3 Å². The second-order valence-electron chi connectivity index (χ2n) is 4.21. The third-order valence-electron chi connectivity index (χ3n) is 2.55. The molecule has 0 atom stereocenters. The summed E-state index contributed by atoms with van der Waals surface area (Å²) in [4.78, 5) is 22.1. The highest BCUT2D eigenvalue weighted by Gasteiger charge is 2.19. The minimum atomic E-state index is -0.164. The van der Waals surface area contributed by atoms with E-state index in [1.54, 1.807) is 18.1 Å². The number of amides is 1. The summed E-state index contributed by atoms with van der Waals surface area (Å²) in [5, 5.41) is 11.7. The molecule has 0 aromatic carbocycles. The summed E-state index contributed by atoms with van der Waals surface area (Å²) in [5.74, 6) is 0.398. The van der Waals surface area contributed by atoms with Gasteiger partial charge in [-0.05, 0) is 20.3 Å². The van der Waals surface area contributed by atoms with E-state index in [-0.39, 0.29) is 18.6 Å². The van der Waals surface area contributed by atoms with Gasteiger partial charge < -0.3 is 15.3 Å². The fraction of sp³-hybridized carbons (Fsp3) is 0.583. The number of nitrogens with zero attached hydrogens (tertiary/aromatic N) is 3. The molecular formula is C12H20N4O2. The maximum Gasteiger partial charge on any atom is 0.274 e. The van der Waals surface area contributed by atoms with E-state index >= 15 is 0 Å². The summed E-state index contributed by atoms with van der Waals surface area (Å²) in [7, 11) is 1.73. The zero-order valence-electron chi connectivity index (χ0n) is 11.1. The first-order chi connectivity index (χ1) is 8.60. The molecule has 1 aromatic rings. The normalized spacial score (nSPS) is 10.5. The quantitative estimate of drug-likeness (QED) is 0.781. The number of anilines is 1. The minimum Gasteiger partial charge on any atom is -0.396 e. The molecule has 1 heterocycles. The van der Waals surface area contributed by atoms with Crippen LogP contribution in [0.1, 0.15) is 30.8 Å². The van der Waals surface area contributed by atoms with Gasteiger partial charge in [0, 0.05) is 26.2 Å². The lowest BCUT2D eigenvalue weighted by molar-refractivity contribution is 0.0686. The Labute approximate surface area is 107 Å². The predicted molar refractivity (Wildman–Crippen MR) is 69.5 cm³/mol. The molecule has 1 amide bonds. The van der Waals surface area contributed by atoms with E-state index in [1.165, 1.54) is 6.20 Å². The van der Waals surface area contributed by atoms with E-state index < -0.39 is 0 Å². The molecule has 0 saturated carbocycles. The molecule has 0 aliphatic heterocycles. The molecule has 0 aliphatic rings. The van der Waals surface area contributed by atoms with Crippen molar-refractivity contribution in [3.05, 3.63) is 18.1 Å². The van der Waals surface area contributed by atoms with Gasteiger partial charge in [-0.15, -0.1) is 0 Å². The lowest BCUT2D eigenvalue weighted by Gasteiger charge is -2.26. The third-order valence-corrected chi connectivity index (χ3v) is 2.55. The second-order valence-corrected chi connectivity index (χ2v) is 4.21. The van der Waals surface area contributed by atoms with E-state index in [0.29, 0.717) is 24.5 Å². The SMILES string of the molecule is CNc1cncc(C(=O)N(CCCO)C(C)C)n1. The standard InChI is InChI=1S/C12H20N4O2/c1-9(2)16(5-4-6-17)12(18)10-7-14-8-11(13-3)15-10/h7-9,17H,4-6H2,1-3H3,(H,13,15). The van der Waals surface area contributed by atoms with Gasteiger partial charge in [-0.2, -0.15) is 0 Å². The molecule has 0 unspecified atom stereocenters. The summed E-state index contributed by atoms with van der Waals surface area (Å²) < 4.78 is 0. The molecule has 100 valence electrons. The molecule has 0 fully saturated rings. The molecule has 0 saturated heterocycles. The molecule has 0 radical (unpaired) electrons. The lowest BCUT2D eigenvalue weighted by atomic mass is 10.2. The molecule has 1 rings (SSSR count). The van der Waals surface area contributed by atoms with Crippen LogP contribution in [0.15, 0.2) is 12.4 Å². The van der Waals surface area contributed by atoms with Gasteiger partial charge >= 0.3 is 0 Å². The summed E-state index contributed by atoms with van der Waals surface area (Å²) in [5.41, 5.74) is 0.313. The van der Waals surface area contributed by atoms with Crippen LogP contribution in [-0.2, 0) is 0 Å². The van der Waals surface area contributed by atoms with E-state index in [1.807, 2.05) is 13.8 Å². The number of carbonyl (C=O) groups is 1. The molecule has 6 nitrogen and oxygen atoms in total. The van der Waals surface area contributed by atoms with Crippen LogP contribution in [0.2, 0.25) is 0 Å². The van der Waals surface area contributed by atoms with E-state index in [9.17, 15) is 4.79 Å². The van der Waals surface area contributed by atoms with Crippen molar-refractivity contribution in [3.63, 3.8) is 0 Å². The Kier molecular flexibility index (Phi) is 5.51. The van der Waals surface area contributed by atoms with Gasteiger partial charge in [0.15, 0.2) is 0 Å². The molecule has 0 spiro atoms. The zero-order chi connectivity index (χ0) is 13.5. The molecule has 18 heavy (non-hydrogen) atoms. The van der Waals surface area contributed by atoms with E-state index in [4.69, 9.17) is 5.11 Å². The average molecular weight is 252 g/mol. The first-order valence-electron chi connectivity index (χ1n) is 6.01. The van der Waals surface area contributed by atoms with Crippen LogP contribution in [0.25, 0.3) is 0 Å². The fourth-order valence-corrected chi connectivity index (χ4v) is 1.57. The summed E-state index contributed by atoms with van der Waals surface area (Å²) in [6.45, 7) is 4.45. The molecule has 0 bridgehead atoms. The van der Waals surface area contributed by atoms with Crippen LogP contribution in [-0.4, -0.2) is 52.1 Å². The van der Waals surface area contributed by atoms with Gasteiger partial charge in [-0.25, -0.2) is 4.98 Å². The summed E-state index contributed by atoms with van der Waals surface area (Å²) in [6, 6.07) is 0.0593. The first-order valence-corrected chi connectivity index (χ1v) is 6.01. The van der Waals surface area contributed by atoms with Gasteiger partial charge in [0.05, 0.1) is 12.4 Å². The average Bonchev–Trinajstić information content (AvgIpc) is 2.38. The van der Waals surface area contributed by atoms with Crippen LogP contribution >= 0.6 is 0 Å². The number of carbonyl (C=O) groups excluding carboxylic acids is 1.